The second kappa shape index (κ2) is 7.72. The summed E-state index contributed by atoms with van der Waals surface area (Å²) in [6, 6.07) is 9.41. The highest BCUT2D eigenvalue weighted by atomic mass is 35.5. The van der Waals surface area contributed by atoms with Gasteiger partial charge in [-0.15, -0.1) is 0 Å². The fourth-order valence-electron chi connectivity index (χ4n) is 2.40. The molecule has 3 aromatic rings. The van der Waals surface area contributed by atoms with Crippen molar-refractivity contribution in [3.63, 3.8) is 0 Å². The minimum Gasteiger partial charge on any atom is -0.308 e. The van der Waals surface area contributed by atoms with Crippen molar-refractivity contribution in [2.75, 3.05) is 5.32 Å². The van der Waals surface area contributed by atoms with Gasteiger partial charge in [0.25, 0.3) is 0 Å². The number of hydrogen-bond donors (Lipinski definition) is 1. The number of nitrogens with one attached hydrogen (secondary N) is 1. The first-order valence-corrected chi connectivity index (χ1v) is 8.53. The van der Waals surface area contributed by atoms with Crippen molar-refractivity contribution in [3.05, 3.63) is 64.0 Å². The molecular weight excluding hydrogens is 361 g/mol. The van der Waals surface area contributed by atoms with Gasteiger partial charge in [-0.05, 0) is 24.6 Å². The lowest BCUT2D eigenvalue weighted by atomic mass is 10.2. The Bertz CT molecular complexity index is 887. The highest BCUT2D eigenvalue weighted by molar-refractivity contribution is 6.33. The minimum absolute atomic E-state index is 0.167. The molecule has 6 nitrogen and oxygen atoms in total. The number of carbonyl (C=O) groups excluding carboxylic acids is 1. The fourth-order valence-corrected chi connectivity index (χ4v) is 2.79. The summed E-state index contributed by atoms with van der Waals surface area (Å²) in [7, 11) is 0. The number of aromatic nitrogens is 4. The van der Waals surface area contributed by atoms with Crippen molar-refractivity contribution in [2.24, 2.45) is 0 Å². The smallest absolute Gasteiger partial charge is 0.227 e. The number of rotatable bonds is 6. The van der Waals surface area contributed by atoms with E-state index in [1.54, 1.807) is 21.8 Å². The van der Waals surface area contributed by atoms with Gasteiger partial charge in [0.2, 0.25) is 5.91 Å². The number of hydrogen-bond acceptors (Lipinski definition) is 3. The molecule has 0 atom stereocenters. The van der Waals surface area contributed by atoms with Crippen molar-refractivity contribution < 1.29 is 4.79 Å². The number of halogens is 2. The summed E-state index contributed by atoms with van der Waals surface area (Å²) in [6.45, 7) is 2.92. The van der Waals surface area contributed by atoms with Gasteiger partial charge in [-0.3, -0.25) is 14.2 Å². The number of anilines is 1. The molecule has 0 radical (unpaired) electrons. The maximum atomic E-state index is 12.1. The normalized spacial score (nSPS) is 10.8. The molecule has 2 aromatic heterocycles. The van der Waals surface area contributed by atoms with Gasteiger partial charge < -0.3 is 5.32 Å². The Morgan fingerprint density at radius 3 is 2.72 bits per heavy atom. The van der Waals surface area contributed by atoms with Gasteiger partial charge in [0.05, 0.1) is 6.54 Å². The zero-order valence-corrected chi connectivity index (χ0v) is 15.1. The molecule has 1 aromatic carbocycles. The van der Waals surface area contributed by atoms with Crippen LogP contribution in [0.1, 0.15) is 17.7 Å². The third-order valence-corrected chi connectivity index (χ3v) is 4.39. The van der Waals surface area contributed by atoms with Crippen molar-refractivity contribution in [3.8, 4) is 0 Å². The van der Waals surface area contributed by atoms with E-state index in [9.17, 15) is 4.79 Å². The Hall–Kier alpha value is -2.31. The lowest BCUT2D eigenvalue weighted by Gasteiger charge is -2.05. The summed E-state index contributed by atoms with van der Waals surface area (Å²) in [6.07, 6.45) is 3.66. The SMILES string of the molecule is Cc1ccnn1CCC(=O)Nc1nn(Cc2ccccc2Cl)cc1Cl. The number of carbonyl (C=O) groups is 1. The summed E-state index contributed by atoms with van der Waals surface area (Å²) >= 11 is 12.3. The Labute approximate surface area is 155 Å². The van der Waals surface area contributed by atoms with Crippen LogP contribution in [0.25, 0.3) is 0 Å². The Kier molecular flexibility index (Phi) is 5.40. The minimum atomic E-state index is -0.167. The van der Waals surface area contributed by atoms with Crippen LogP contribution in [0.3, 0.4) is 0 Å². The highest BCUT2D eigenvalue weighted by Crippen LogP contribution is 2.22. The molecule has 2 heterocycles. The van der Waals surface area contributed by atoms with Gasteiger partial charge in [0.15, 0.2) is 5.82 Å². The van der Waals surface area contributed by atoms with E-state index < -0.39 is 0 Å². The summed E-state index contributed by atoms with van der Waals surface area (Å²) in [5.41, 5.74) is 1.94. The summed E-state index contributed by atoms with van der Waals surface area (Å²) in [4.78, 5) is 12.1. The maximum absolute atomic E-state index is 12.1. The van der Waals surface area contributed by atoms with Crippen LogP contribution >= 0.6 is 23.2 Å². The molecule has 0 spiro atoms. The van der Waals surface area contributed by atoms with Crippen LogP contribution in [0.15, 0.2) is 42.7 Å². The van der Waals surface area contributed by atoms with E-state index in [0.29, 0.717) is 29.0 Å². The molecule has 0 aliphatic carbocycles. The molecule has 0 bridgehead atoms. The molecule has 0 unspecified atom stereocenters. The van der Waals surface area contributed by atoms with Crippen LogP contribution in [0.5, 0.6) is 0 Å². The monoisotopic (exact) mass is 377 g/mol. The van der Waals surface area contributed by atoms with E-state index in [-0.39, 0.29) is 12.3 Å². The van der Waals surface area contributed by atoms with Crippen LogP contribution in [0, 0.1) is 6.92 Å². The van der Waals surface area contributed by atoms with Crippen LogP contribution < -0.4 is 5.32 Å². The van der Waals surface area contributed by atoms with Crippen molar-refractivity contribution in [1.82, 2.24) is 19.6 Å². The molecule has 0 fully saturated rings. The van der Waals surface area contributed by atoms with Gasteiger partial charge in [-0.1, -0.05) is 41.4 Å². The van der Waals surface area contributed by atoms with E-state index in [1.807, 2.05) is 37.3 Å². The molecule has 0 aliphatic rings. The Morgan fingerprint density at radius 2 is 2.00 bits per heavy atom. The molecule has 0 saturated carbocycles. The number of amides is 1. The maximum Gasteiger partial charge on any atom is 0.227 e. The molecule has 130 valence electrons. The predicted octanol–water partition coefficient (Wildman–Crippen LogP) is 3.77. The standard InChI is InChI=1S/C17H17Cl2N5O/c1-12-6-8-20-24(12)9-7-16(25)21-17-15(19)11-23(22-17)10-13-4-2-3-5-14(13)18/h2-6,8,11H,7,9-10H2,1H3,(H,21,22,25). The largest absolute Gasteiger partial charge is 0.308 e. The number of benzene rings is 1. The summed E-state index contributed by atoms with van der Waals surface area (Å²) < 4.78 is 3.42. The summed E-state index contributed by atoms with van der Waals surface area (Å²) in [5, 5.41) is 12.3. The molecular formula is C17H17Cl2N5O. The number of nitrogens with zero attached hydrogens (tertiary/aromatic N) is 4. The second-order valence-electron chi connectivity index (χ2n) is 5.61. The molecule has 0 saturated heterocycles. The van der Waals surface area contributed by atoms with Crippen molar-refractivity contribution >= 4 is 34.9 Å². The molecule has 8 heteroatoms. The van der Waals surface area contributed by atoms with E-state index in [0.717, 1.165) is 11.3 Å². The fraction of sp³-hybridized carbons (Fsp3) is 0.235. The van der Waals surface area contributed by atoms with Crippen LogP contribution in [-0.2, 0) is 17.9 Å². The van der Waals surface area contributed by atoms with Crippen molar-refractivity contribution in [2.45, 2.75) is 26.4 Å². The lowest BCUT2D eigenvalue weighted by Crippen LogP contribution is -2.16. The van der Waals surface area contributed by atoms with E-state index in [2.05, 4.69) is 15.5 Å². The van der Waals surface area contributed by atoms with Crippen LogP contribution in [0.4, 0.5) is 5.82 Å². The molecule has 1 amide bonds. The van der Waals surface area contributed by atoms with Gasteiger partial charge in [0, 0.05) is 36.1 Å². The van der Waals surface area contributed by atoms with Crippen LogP contribution in [-0.4, -0.2) is 25.5 Å². The Balaban J connectivity index is 1.61. The van der Waals surface area contributed by atoms with Crippen molar-refractivity contribution in [1.29, 1.82) is 0 Å². The average Bonchev–Trinajstić information content (AvgIpc) is 3.13. The van der Waals surface area contributed by atoms with Gasteiger partial charge in [0.1, 0.15) is 5.02 Å². The van der Waals surface area contributed by atoms with Gasteiger partial charge in [-0.2, -0.15) is 10.2 Å². The molecule has 3 rings (SSSR count). The van der Waals surface area contributed by atoms with Gasteiger partial charge >= 0.3 is 0 Å². The first-order valence-electron chi connectivity index (χ1n) is 7.77. The van der Waals surface area contributed by atoms with Gasteiger partial charge in [-0.25, -0.2) is 0 Å². The first kappa shape index (κ1) is 17.5. The van der Waals surface area contributed by atoms with E-state index >= 15 is 0 Å². The Morgan fingerprint density at radius 1 is 1.20 bits per heavy atom. The third kappa shape index (κ3) is 4.41. The second-order valence-corrected chi connectivity index (χ2v) is 6.42. The lowest BCUT2D eigenvalue weighted by molar-refractivity contribution is -0.116. The quantitative estimate of drug-likeness (QED) is 0.710. The molecule has 0 aliphatic heterocycles. The van der Waals surface area contributed by atoms with E-state index in [1.165, 1.54) is 0 Å². The topological polar surface area (TPSA) is 64.7 Å². The molecule has 25 heavy (non-hydrogen) atoms. The third-order valence-electron chi connectivity index (χ3n) is 3.74. The predicted molar refractivity (Wildman–Crippen MR) is 98.0 cm³/mol. The summed E-state index contributed by atoms with van der Waals surface area (Å²) in [5.74, 6) is 0.177. The van der Waals surface area contributed by atoms with E-state index in [4.69, 9.17) is 23.2 Å². The highest BCUT2D eigenvalue weighted by Gasteiger charge is 2.12. The zero-order chi connectivity index (χ0) is 17.8. The van der Waals surface area contributed by atoms with Crippen LogP contribution in [0.2, 0.25) is 10.0 Å². The average molecular weight is 378 g/mol. The molecule has 1 N–H and O–H groups in total. The number of aryl methyl sites for hydroxylation is 2. The zero-order valence-electron chi connectivity index (χ0n) is 13.6. The first-order chi connectivity index (χ1) is 12.0.